The van der Waals surface area contributed by atoms with Gasteiger partial charge < -0.3 is 0 Å². The number of nitrogens with zero attached hydrogens (tertiary/aromatic N) is 2. The highest BCUT2D eigenvalue weighted by atomic mass is 32.2. The summed E-state index contributed by atoms with van der Waals surface area (Å²) in [5, 5.41) is 1.73. The number of aryl methyl sites for hydroxylation is 1. The predicted molar refractivity (Wildman–Crippen MR) is 82.5 cm³/mol. The molecule has 1 atom stereocenters. The van der Waals surface area contributed by atoms with Crippen molar-refractivity contribution >= 4 is 33.3 Å². The molecule has 0 fully saturated rings. The molecule has 0 radical (unpaired) electrons. The van der Waals surface area contributed by atoms with Crippen molar-refractivity contribution in [1.29, 1.82) is 0 Å². The fourth-order valence-electron chi connectivity index (χ4n) is 2.84. The largest absolute Gasteiger partial charge is 0.287 e. The fourth-order valence-corrected chi connectivity index (χ4v) is 4.89. The molecule has 0 saturated heterocycles. The molecule has 5 heteroatoms. The molecule has 19 heavy (non-hydrogen) atoms. The quantitative estimate of drug-likeness (QED) is 0.629. The Balaban J connectivity index is 2.32. The first-order valence-electron chi connectivity index (χ1n) is 6.74. The van der Waals surface area contributed by atoms with Crippen LogP contribution in [0.25, 0.3) is 10.2 Å². The smallest absolute Gasteiger partial charge is 0.263 e. The highest BCUT2D eigenvalue weighted by Crippen LogP contribution is 2.36. The first-order valence-corrected chi connectivity index (χ1v) is 8.78. The summed E-state index contributed by atoms with van der Waals surface area (Å²) in [6.45, 7) is 4.99. The molecular formula is C14H18N2OS2. The van der Waals surface area contributed by atoms with Gasteiger partial charge in [-0.2, -0.15) is 0 Å². The van der Waals surface area contributed by atoms with Crippen LogP contribution in [0.15, 0.2) is 9.95 Å². The van der Waals surface area contributed by atoms with E-state index < -0.39 is 0 Å². The number of thiophene rings is 1. The summed E-state index contributed by atoms with van der Waals surface area (Å²) in [4.78, 5) is 19.7. The third kappa shape index (κ3) is 2.03. The second-order valence-corrected chi connectivity index (χ2v) is 7.04. The Hall–Kier alpha value is -0.810. The number of fused-ring (bicyclic) bond motifs is 3. The van der Waals surface area contributed by atoms with Crippen LogP contribution >= 0.6 is 23.1 Å². The van der Waals surface area contributed by atoms with E-state index >= 15 is 0 Å². The van der Waals surface area contributed by atoms with Gasteiger partial charge in [0.15, 0.2) is 5.16 Å². The van der Waals surface area contributed by atoms with Gasteiger partial charge in [-0.25, -0.2) is 4.98 Å². The maximum Gasteiger partial charge on any atom is 0.263 e. The highest BCUT2D eigenvalue weighted by Gasteiger charge is 2.24. The van der Waals surface area contributed by atoms with Gasteiger partial charge in [0, 0.05) is 11.4 Å². The van der Waals surface area contributed by atoms with Crippen molar-refractivity contribution in [3.63, 3.8) is 0 Å². The lowest BCUT2D eigenvalue weighted by Gasteiger charge is -2.17. The van der Waals surface area contributed by atoms with Crippen molar-refractivity contribution in [2.45, 2.75) is 44.8 Å². The summed E-state index contributed by atoms with van der Waals surface area (Å²) in [7, 11) is 0. The standard InChI is InChI=1S/C14H18N2OS2/c1-4-16-13(17)11-9-6-5-8(2)7-10(9)19-12(11)15-14(16)18-3/h8H,4-7H2,1-3H3/t8-/m1/s1. The lowest BCUT2D eigenvalue weighted by molar-refractivity contribution is 0.509. The maximum atomic E-state index is 12.7. The first-order chi connectivity index (χ1) is 9.15. The lowest BCUT2D eigenvalue weighted by Crippen LogP contribution is -2.23. The van der Waals surface area contributed by atoms with Gasteiger partial charge in [0.25, 0.3) is 5.56 Å². The second kappa shape index (κ2) is 4.94. The topological polar surface area (TPSA) is 34.9 Å². The van der Waals surface area contributed by atoms with Gasteiger partial charge in [-0.3, -0.25) is 9.36 Å². The summed E-state index contributed by atoms with van der Waals surface area (Å²) in [5.41, 5.74) is 1.44. The van der Waals surface area contributed by atoms with E-state index in [1.165, 1.54) is 16.9 Å². The van der Waals surface area contributed by atoms with Crippen LogP contribution in [0, 0.1) is 5.92 Å². The minimum Gasteiger partial charge on any atom is -0.287 e. The number of hydrogen-bond acceptors (Lipinski definition) is 4. The van der Waals surface area contributed by atoms with E-state index in [9.17, 15) is 4.79 Å². The lowest BCUT2D eigenvalue weighted by atomic mass is 9.89. The molecule has 0 aromatic carbocycles. The third-order valence-electron chi connectivity index (χ3n) is 3.88. The van der Waals surface area contributed by atoms with Crippen LogP contribution in [-0.4, -0.2) is 15.8 Å². The van der Waals surface area contributed by atoms with Crippen molar-refractivity contribution in [2.24, 2.45) is 5.92 Å². The monoisotopic (exact) mass is 294 g/mol. The van der Waals surface area contributed by atoms with E-state index in [-0.39, 0.29) is 5.56 Å². The van der Waals surface area contributed by atoms with Crippen molar-refractivity contribution in [3.05, 3.63) is 20.8 Å². The van der Waals surface area contributed by atoms with Gasteiger partial charge in [0.2, 0.25) is 0 Å². The molecule has 0 amide bonds. The number of aromatic nitrogens is 2. The van der Waals surface area contributed by atoms with Gasteiger partial charge in [-0.15, -0.1) is 11.3 Å². The summed E-state index contributed by atoms with van der Waals surface area (Å²) < 4.78 is 1.80. The van der Waals surface area contributed by atoms with Crippen LogP contribution in [0.2, 0.25) is 0 Å². The van der Waals surface area contributed by atoms with Crippen LogP contribution in [0.1, 0.15) is 30.7 Å². The van der Waals surface area contributed by atoms with E-state index in [0.717, 1.165) is 34.1 Å². The molecule has 0 aliphatic heterocycles. The molecule has 102 valence electrons. The zero-order chi connectivity index (χ0) is 13.6. The summed E-state index contributed by atoms with van der Waals surface area (Å²) in [6, 6.07) is 0. The van der Waals surface area contributed by atoms with Crippen molar-refractivity contribution in [3.8, 4) is 0 Å². The molecule has 3 nitrogen and oxygen atoms in total. The Morgan fingerprint density at radius 1 is 1.53 bits per heavy atom. The molecule has 0 unspecified atom stereocenters. The SMILES string of the molecule is CCn1c(SC)nc2sc3c(c2c1=O)CC[C@@H](C)C3. The molecule has 0 N–H and O–H groups in total. The Morgan fingerprint density at radius 2 is 2.32 bits per heavy atom. The third-order valence-corrected chi connectivity index (χ3v) is 5.70. The van der Waals surface area contributed by atoms with Gasteiger partial charge in [0.1, 0.15) is 4.83 Å². The van der Waals surface area contributed by atoms with Crippen LogP contribution < -0.4 is 5.56 Å². The number of rotatable bonds is 2. The second-order valence-electron chi connectivity index (χ2n) is 5.18. The minimum absolute atomic E-state index is 0.156. The Labute approximate surface area is 121 Å². The van der Waals surface area contributed by atoms with Gasteiger partial charge in [0.05, 0.1) is 5.39 Å². The van der Waals surface area contributed by atoms with E-state index in [2.05, 4.69) is 6.92 Å². The fraction of sp³-hybridized carbons (Fsp3) is 0.571. The molecule has 0 bridgehead atoms. The first kappa shape index (κ1) is 13.2. The molecule has 2 aromatic heterocycles. The normalized spacial score (nSPS) is 18.8. The highest BCUT2D eigenvalue weighted by molar-refractivity contribution is 7.98. The molecule has 0 saturated carbocycles. The molecule has 1 aliphatic carbocycles. The zero-order valence-corrected chi connectivity index (χ0v) is 13.2. The van der Waals surface area contributed by atoms with Crippen LogP contribution in [0.5, 0.6) is 0 Å². The van der Waals surface area contributed by atoms with Crippen LogP contribution in [0.4, 0.5) is 0 Å². The molecule has 3 rings (SSSR count). The van der Waals surface area contributed by atoms with E-state index in [0.29, 0.717) is 6.54 Å². The minimum atomic E-state index is 0.156. The van der Waals surface area contributed by atoms with Gasteiger partial charge in [-0.05, 0) is 43.9 Å². The molecular weight excluding hydrogens is 276 g/mol. The maximum absolute atomic E-state index is 12.7. The van der Waals surface area contributed by atoms with Crippen LogP contribution in [0.3, 0.4) is 0 Å². The number of hydrogen-bond donors (Lipinski definition) is 0. The van der Waals surface area contributed by atoms with E-state index in [4.69, 9.17) is 4.98 Å². The summed E-state index contributed by atoms with van der Waals surface area (Å²) in [6.07, 6.45) is 5.32. The number of thioether (sulfide) groups is 1. The zero-order valence-electron chi connectivity index (χ0n) is 11.5. The van der Waals surface area contributed by atoms with Crippen molar-refractivity contribution < 1.29 is 0 Å². The average Bonchev–Trinajstić information content (AvgIpc) is 2.75. The molecule has 2 aromatic rings. The summed E-state index contributed by atoms with van der Waals surface area (Å²) in [5.74, 6) is 0.731. The Morgan fingerprint density at radius 3 is 3.00 bits per heavy atom. The van der Waals surface area contributed by atoms with E-state index in [1.807, 2.05) is 13.2 Å². The molecule has 1 aliphatic rings. The Kier molecular flexibility index (Phi) is 3.43. The van der Waals surface area contributed by atoms with Crippen molar-refractivity contribution in [1.82, 2.24) is 9.55 Å². The average molecular weight is 294 g/mol. The van der Waals surface area contributed by atoms with Crippen molar-refractivity contribution in [2.75, 3.05) is 6.26 Å². The van der Waals surface area contributed by atoms with Crippen LogP contribution in [-0.2, 0) is 19.4 Å². The molecule has 0 spiro atoms. The molecule has 2 heterocycles. The summed E-state index contributed by atoms with van der Waals surface area (Å²) >= 11 is 3.28. The predicted octanol–water partition coefficient (Wildman–Crippen LogP) is 3.32. The Bertz CT molecular complexity index is 687. The van der Waals surface area contributed by atoms with Gasteiger partial charge in [-0.1, -0.05) is 18.7 Å². The van der Waals surface area contributed by atoms with Gasteiger partial charge >= 0.3 is 0 Å². The van der Waals surface area contributed by atoms with E-state index in [1.54, 1.807) is 27.7 Å².